The second-order valence-electron chi connectivity index (χ2n) is 5.11. The first-order valence-corrected chi connectivity index (χ1v) is 7.89. The molecule has 2 aromatic heterocycles. The fourth-order valence-electron chi connectivity index (χ4n) is 2.12. The van der Waals surface area contributed by atoms with E-state index in [-0.39, 0.29) is 0 Å². The van der Waals surface area contributed by atoms with Gasteiger partial charge >= 0.3 is 0 Å². The minimum absolute atomic E-state index is 0.414. The first kappa shape index (κ1) is 15.0. The zero-order chi connectivity index (χ0) is 14.5. The Morgan fingerprint density at radius 2 is 2.15 bits per heavy atom. The minimum atomic E-state index is -0.460. The van der Waals surface area contributed by atoms with Crippen molar-refractivity contribution in [3.05, 3.63) is 46.4 Å². The highest BCUT2D eigenvalue weighted by Crippen LogP contribution is 2.21. The normalized spacial score (nSPS) is 14.0. The molecule has 0 bridgehead atoms. The molecule has 4 heteroatoms. The number of aliphatic hydroxyl groups is 1. The van der Waals surface area contributed by atoms with E-state index >= 15 is 0 Å². The lowest BCUT2D eigenvalue weighted by molar-refractivity contribution is 0.169. The van der Waals surface area contributed by atoms with Crippen molar-refractivity contribution in [2.45, 2.75) is 38.8 Å². The summed E-state index contributed by atoms with van der Waals surface area (Å²) in [5.41, 5.74) is 1.83. The summed E-state index contributed by atoms with van der Waals surface area (Å²) in [6.45, 7) is 4.17. The van der Waals surface area contributed by atoms with E-state index in [1.165, 1.54) is 4.88 Å². The Bertz CT molecular complexity index is 510. The van der Waals surface area contributed by atoms with Crippen LogP contribution in [0.1, 0.15) is 36.9 Å². The fraction of sp³-hybridized carbons (Fsp3) is 0.438. The van der Waals surface area contributed by atoms with Gasteiger partial charge in [0, 0.05) is 24.4 Å². The summed E-state index contributed by atoms with van der Waals surface area (Å²) in [5, 5.41) is 11.9. The Kier molecular flexibility index (Phi) is 5.15. The van der Waals surface area contributed by atoms with E-state index in [4.69, 9.17) is 0 Å². The van der Waals surface area contributed by atoms with E-state index in [0.717, 1.165) is 17.8 Å². The van der Waals surface area contributed by atoms with Crippen LogP contribution in [0.4, 0.5) is 5.69 Å². The molecule has 0 spiro atoms. The van der Waals surface area contributed by atoms with Crippen molar-refractivity contribution in [3.63, 3.8) is 0 Å². The van der Waals surface area contributed by atoms with Crippen molar-refractivity contribution in [1.82, 2.24) is 4.98 Å². The number of aromatic nitrogens is 1. The zero-order valence-electron chi connectivity index (χ0n) is 12.3. The van der Waals surface area contributed by atoms with Gasteiger partial charge < -0.3 is 10.0 Å². The van der Waals surface area contributed by atoms with E-state index < -0.39 is 6.10 Å². The van der Waals surface area contributed by atoms with Gasteiger partial charge in [-0.15, -0.1) is 11.3 Å². The molecule has 0 radical (unpaired) electrons. The van der Waals surface area contributed by atoms with Gasteiger partial charge in [-0.05, 0) is 36.9 Å². The third kappa shape index (κ3) is 3.58. The van der Waals surface area contributed by atoms with Gasteiger partial charge in [0.15, 0.2) is 0 Å². The lowest BCUT2D eigenvalue weighted by atomic mass is 10.1. The molecular weight excluding hydrogens is 268 g/mol. The Morgan fingerprint density at radius 3 is 2.70 bits per heavy atom. The molecule has 108 valence electrons. The van der Waals surface area contributed by atoms with Crippen LogP contribution in [0.5, 0.6) is 0 Å². The number of aliphatic hydroxyl groups excluding tert-OH is 1. The van der Waals surface area contributed by atoms with Gasteiger partial charge in [-0.2, -0.15) is 0 Å². The molecule has 0 aliphatic rings. The van der Waals surface area contributed by atoms with Crippen molar-refractivity contribution in [1.29, 1.82) is 0 Å². The molecule has 0 aliphatic heterocycles. The average Bonchev–Trinajstić information content (AvgIpc) is 2.98. The summed E-state index contributed by atoms with van der Waals surface area (Å²) in [5.74, 6) is 0. The number of hydrogen-bond donors (Lipinski definition) is 1. The predicted molar refractivity (Wildman–Crippen MR) is 85.4 cm³/mol. The molecule has 3 nitrogen and oxygen atoms in total. The molecule has 0 saturated carbocycles. The van der Waals surface area contributed by atoms with Crippen LogP contribution in [0.15, 0.2) is 35.8 Å². The molecule has 0 fully saturated rings. The van der Waals surface area contributed by atoms with Crippen LogP contribution in [-0.4, -0.2) is 23.2 Å². The molecule has 20 heavy (non-hydrogen) atoms. The van der Waals surface area contributed by atoms with Crippen LogP contribution >= 0.6 is 11.3 Å². The second-order valence-corrected chi connectivity index (χ2v) is 6.14. The standard InChI is InChI=1S/C16H22N2OS/c1-4-16(19)15-8-7-13(11-17-15)18(3)12(2)10-14-6-5-9-20-14/h5-9,11-12,16,19H,4,10H2,1-3H3/t12?,16-/m0/s1. The van der Waals surface area contributed by atoms with Crippen LogP contribution in [0.25, 0.3) is 0 Å². The highest BCUT2D eigenvalue weighted by Gasteiger charge is 2.13. The topological polar surface area (TPSA) is 36.4 Å². The lowest BCUT2D eigenvalue weighted by Crippen LogP contribution is -2.30. The quantitative estimate of drug-likeness (QED) is 0.882. The maximum atomic E-state index is 9.76. The number of hydrogen-bond acceptors (Lipinski definition) is 4. The van der Waals surface area contributed by atoms with Crippen LogP contribution in [0, 0.1) is 0 Å². The van der Waals surface area contributed by atoms with Gasteiger partial charge in [0.05, 0.1) is 23.7 Å². The highest BCUT2D eigenvalue weighted by molar-refractivity contribution is 7.09. The Labute approximate surface area is 124 Å². The summed E-state index contributed by atoms with van der Waals surface area (Å²) in [6.07, 6.45) is 3.11. The predicted octanol–water partition coefficient (Wildman–Crippen LogP) is 3.65. The Hall–Kier alpha value is -1.39. The summed E-state index contributed by atoms with van der Waals surface area (Å²) in [6, 6.07) is 8.63. The smallest absolute Gasteiger partial charge is 0.0957 e. The van der Waals surface area contributed by atoms with E-state index in [1.807, 2.05) is 25.3 Å². The molecule has 2 rings (SSSR count). The molecule has 0 amide bonds. The number of thiophene rings is 1. The first-order valence-electron chi connectivity index (χ1n) is 7.01. The van der Waals surface area contributed by atoms with Gasteiger partial charge in [-0.1, -0.05) is 13.0 Å². The zero-order valence-corrected chi connectivity index (χ0v) is 13.1. The molecule has 1 unspecified atom stereocenters. The van der Waals surface area contributed by atoms with Gasteiger partial charge in [0.25, 0.3) is 0 Å². The van der Waals surface area contributed by atoms with E-state index in [0.29, 0.717) is 12.5 Å². The number of pyridine rings is 1. The van der Waals surface area contributed by atoms with E-state index in [2.05, 4.69) is 41.4 Å². The third-order valence-electron chi connectivity index (χ3n) is 3.64. The maximum absolute atomic E-state index is 9.76. The largest absolute Gasteiger partial charge is 0.387 e. The highest BCUT2D eigenvalue weighted by atomic mass is 32.1. The minimum Gasteiger partial charge on any atom is -0.387 e. The summed E-state index contributed by atoms with van der Waals surface area (Å²) in [4.78, 5) is 7.99. The summed E-state index contributed by atoms with van der Waals surface area (Å²) < 4.78 is 0. The number of likely N-dealkylation sites (N-methyl/N-ethyl adjacent to an activating group) is 1. The summed E-state index contributed by atoms with van der Waals surface area (Å²) in [7, 11) is 2.09. The van der Waals surface area contributed by atoms with Crippen molar-refractivity contribution < 1.29 is 5.11 Å². The van der Waals surface area contributed by atoms with Crippen LogP contribution in [0.2, 0.25) is 0 Å². The molecule has 0 aromatic carbocycles. The fourth-order valence-corrected chi connectivity index (χ4v) is 2.95. The average molecular weight is 290 g/mol. The molecule has 2 aromatic rings. The van der Waals surface area contributed by atoms with Crippen LogP contribution < -0.4 is 4.90 Å². The molecular formula is C16H22N2OS. The van der Waals surface area contributed by atoms with Crippen molar-refractivity contribution in [2.24, 2.45) is 0 Å². The van der Waals surface area contributed by atoms with Crippen LogP contribution in [0.3, 0.4) is 0 Å². The number of nitrogens with zero attached hydrogens (tertiary/aromatic N) is 2. The molecule has 0 saturated heterocycles. The van der Waals surface area contributed by atoms with Crippen molar-refractivity contribution >= 4 is 17.0 Å². The van der Waals surface area contributed by atoms with Gasteiger partial charge in [0.1, 0.15) is 0 Å². The maximum Gasteiger partial charge on any atom is 0.0957 e. The van der Waals surface area contributed by atoms with Gasteiger partial charge in [-0.3, -0.25) is 4.98 Å². The van der Waals surface area contributed by atoms with Crippen LogP contribution in [-0.2, 0) is 6.42 Å². The number of rotatable bonds is 6. The Balaban J connectivity index is 2.02. The SMILES string of the molecule is CC[C@H](O)c1ccc(N(C)C(C)Cc2cccs2)cn1. The summed E-state index contributed by atoms with van der Waals surface area (Å²) >= 11 is 1.80. The van der Waals surface area contributed by atoms with E-state index in [9.17, 15) is 5.11 Å². The first-order chi connectivity index (χ1) is 9.61. The molecule has 2 heterocycles. The molecule has 0 aliphatic carbocycles. The number of anilines is 1. The molecule has 1 N–H and O–H groups in total. The third-order valence-corrected chi connectivity index (χ3v) is 4.54. The van der Waals surface area contributed by atoms with E-state index in [1.54, 1.807) is 11.3 Å². The second kappa shape index (κ2) is 6.86. The van der Waals surface area contributed by atoms with Crippen molar-refractivity contribution in [3.8, 4) is 0 Å². The molecule has 2 atom stereocenters. The lowest BCUT2D eigenvalue weighted by Gasteiger charge is -2.26. The van der Waals surface area contributed by atoms with Gasteiger partial charge in [-0.25, -0.2) is 0 Å². The Morgan fingerprint density at radius 1 is 1.35 bits per heavy atom. The monoisotopic (exact) mass is 290 g/mol. The van der Waals surface area contributed by atoms with Gasteiger partial charge in [0.2, 0.25) is 0 Å². The van der Waals surface area contributed by atoms with Crippen molar-refractivity contribution in [2.75, 3.05) is 11.9 Å².